The number of amides is 1. The summed E-state index contributed by atoms with van der Waals surface area (Å²) < 4.78 is 5.39. The molecule has 16 heavy (non-hydrogen) atoms. The van der Waals surface area contributed by atoms with Gasteiger partial charge >= 0.3 is 5.97 Å². The molecule has 0 radical (unpaired) electrons. The van der Waals surface area contributed by atoms with Gasteiger partial charge in [0.25, 0.3) is 0 Å². The largest absolute Gasteiger partial charge is 0.481 e. The number of aliphatic carboxylic acids is 1. The van der Waals surface area contributed by atoms with Crippen LogP contribution in [0, 0.1) is 5.92 Å². The van der Waals surface area contributed by atoms with Crippen molar-refractivity contribution in [2.45, 2.75) is 31.8 Å². The normalized spacial score (nSPS) is 29.6. The van der Waals surface area contributed by atoms with Gasteiger partial charge in [-0.15, -0.1) is 0 Å². The van der Waals surface area contributed by atoms with Gasteiger partial charge in [-0.1, -0.05) is 0 Å². The number of carboxylic acid groups (broad SMARTS) is 1. The summed E-state index contributed by atoms with van der Waals surface area (Å²) in [5, 5.41) is 8.83. The molecule has 0 aliphatic carbocycles. The summed E-state index contributed by atoms with van der Waals surface area (Å²) in [5.41, 5.74) is 0. The van der Waals surface area contributed by atoms with Crippen LogP contribution in [0.3, 0.4) is 0 Å². The molecular formula is C11H17NO4. The number of likely N-dealkylation sites (tertiary alicyclic amines) is 1. The van der Waals surface area contributed by atoms with E-state index in [1.807, 2.05) is 0 Å². The van der Waals surface area contributed by atoms with Gasteiger partial charge in [0.15, 0.2) is 0 Å². The lowest BCUT2D eigenvalue weighted by molar-refractivity contribution is -0.141. The number of hydrogen-bond donors (Lipinski definition) is 1. The molecule has 0 aromatic rings. The minimum atomic E-state index is -0.799. The summed E-state index contributed by atoms with van der Waals surface area (Å²) in [6.45, 7) is 1.68. The monoisotopic (exact) mass is 227 g/mol. The molecule has 2 unspecified atom stereocenters. The van der Waals surface area contributed by atoms with Crippen molar-refractivity contribution in [3.63, 3.8) is 0 Å². The fourth-order valence-corrected chi connectivity index (χ4v) is 2.32. The van der Waals surface area contributed by atoms with Crippen LogP contribution in [0.4, 0.5) is 0 Å². The second-order valence-electron chi connectivity index (χ2n) is 4.50. The third kappa shape index (κ3) is 2.52. The quantitative estimate of drug-likeness (QED) is 0.762. The van der Waals surface area contributed by atoms with E-state index in [2.05, 4.69) is 0 Å². The van der Waals surface area contributed by atoms with Crippen molar-refractivity contribution in [1.82, 2.24) is 4.90 Å². The van der Waals surface area contributed by atoms with Crippen LogP contribution in [0.25, 0.3) is 0 Å². The topological polar surface area (TPSA) is 66.8 Å². The summed E-state index contributed by atoms with van der Waals surface area (Å²) in [6.07, 6.45) is 3.01. The molecule has 1 N–H and O–H groups in total. The SMILES string of the molecule is O=C(O)C1CCN(C(=O)CC2CCCO2)C1. The number of nitrogens with zero attached hydrogens (tertiary/aromatic N) is 1. The molecule has 2 heterocycles. The zero-order valence-corrected chi connectivity index (χ0v) is 9.22. The molecule has 90 valence electrons. The lowest BCUT2D eigenvalue weighted by Gasteiger charge is -2.17. The lowest BCUT2D eigenvalue weighted by atomic mass is 10.1. The van der Waals surface area contributed by atoms with Crippen LogP contribution in [0.15, 0.2) is 0 Å². The second kappa shape index (κ2) is 4.82. The van der Waals surface area contributed by atoms with Gasteiger partial charge in [0, 0.05) is 19.7 Å². The lowest BCUT2D eigenvalue weighted by Crippen LogP contribution is -2.32. The average Bonchev–Trinajstić information content (AvgIpc) is 2.86. The van der Waals surface area contributed by atoms with E-state index in [4.69, 9.17) is 9.84 Å². The van der Waals surface area contributed by atoms with Crippen molar-refractivity contribution in [1.29, 1.82) is 0 Å². The van der Waals surface area contributed by atoms with E-state index in [9.17, 15) is 9.59 Å². The van der Waals surface area contributed by atoms with E-state index in [1.54, 1.807) is 4.90 Å². The molecule has 1 amide bonds. The fourth-order valence-electron chi connectivity index (χ4n) is 2.32. The number of carbonyl (C=O) groups excluding carboxylic acids is 1. The Kier molecular flexibility index (Phi) is 3.43. The Morgan fingerprint density at radius 3 is 2.75 bits per heavy atom. The Labute approximate surface area is 94.4 Å². The molecule has 0 bridgehead atoms. The number of carboxylic acids is 1. The molecule has 0 spiro atoms. The van der Waals surface area contributed by atoms with Gasteiger partial charge in [-0.3, -0.25) is 9.59 Å². The van der Waals surface area contributed by atoms with Crippen LogP contribution in [0.1, 0.15) is 25.7 Å². The highest BCUT2D eigenvalue weighted by atomic mass is 16.5. The van der Waals surface area contributed by atoms with E-state index >= 15 is 0 Å². The third-order valence-electron chi connectivity index (χ3n) is 3.32. The van der Waals surface area contributed by atoms with Crippen molar-refractivity contribution < 1.29 is 19.4 Å². The molecule has 2 aliphatic rings. The highest BCUT2D eigenvalue weighted by molar-refractivity contribution is 5.79. The highest BCUT2D eigenvalue weighted by Gasteiger charge is 2.32. The van der Waals surface area contributed by atoms with Gasteiger partial charge in [-0.25, -0.2) is 0 Å². The molecule has 2 aliphatic heterocycles. The van der Waals surface area contributed by atoms with Crippen LogP contribution in [0.5, 0.6) is 0 Å². The van der Waals surface area contributed by atoms with Gasteiger partial charge < -0.3 is 14.7 Å². The minimum Gasteiger partial charge on any atom is -0.481 e. The Morgan fingerprint density at radius 2 is 2.19 bits per heavy atom. The van der Waals surface area contributed by atoms with Crippen molar-refractivity contribution in [3.8, 4) is 0 Å². The van der Waals surface area contributed by atoms with Gasteiger partial charge in [0.2, 0.25) is 5.91 Å². The first-order valence-electron chi connectivity index (χ1n) is 5.79. The van der Waals surface area contributed by atoms with Gasteiger partial charge in [0.1, 0.15) is 0 Å². The number of ether oxygens (including phenoxy) is 1. The summed E-state index contributed by atoms with van der Waals surface area (Å²) in [7, 11) is 0. The van der Waals surface area contributed by atoms with Crippen LogP contribution >= 0.6 is 0 Å². The number of carbonyl (C=O) groups is 2. The van der Waals surface area contributed by atoms with Gasteiger partial charge in [-0.2, -0.15) is 0 Å². The predicted molar refractivity (Wildman–Crippen MR) is 55.9 cm³/mol. The highest BCUT2D eigenvalue weighted by Crippen LogP contribution is 2.21. The summed E-state index contributed by atoms with van der Waals surface area (Å²) in [4.78, 5) is 24.2. The molecular weight excluding hydrogens is 210 g/mol. The van der Waals surface area contributed by atoms with Gasteiger partial charge in [-0.05, 0) is 19.3 Å². The molecule has 0 saturated carbocycles. The average molecular weight is 227 g/mol. The molecule has 2 saturated heterocycles. The number of rotatable bonds is 3. The zero-order chi connectivity index (χ0) is 11.5. The number of hydrogen-bond acceptors (Lipinski definition) is 3. The Bertz CT molecular complexity index is 286. The van der Waals surface area contributed by atoms with E-state index in [0.717, 1.165) is 19.4 Å². The molecule has 0 aromatic heterocycles. The maximum absolute atomic E-state index is 11.8. The first kappa shape index (κ1) is 11.4. The van der Waals surface area contributed by atoms with Crippen LogP contribution in [-0.2, 0) is 14.3 Å². The van der Waals surface area contributed by atoms with Crippen LogP contribution < -0.4 is 0 Å². The van der Waals surface area contributed by atoms with Gasteiger partial charge in [0.05, 0.1) is 18.4 Å². The van der Waals surface area contributed by atoms with Crippen molar-refractivity contribution in [3.05, 3.63) is 0 Å². The summed E-state index contributed by atoms with van der Waals surface area (Å²) >= 11 is 0. The second-order valence-corrected chi connectivity index (χ2v) is 4.50. The predicted octanol–water partition coefficient (Wildman–Crippen LogP) is 0.489. The first-order chi connectivity index (χ1) is 7.66. The van der Waals surface area contributed by atoms with Crippen molar-refractivity contribution >= 4 is 11.9 Å². The third-order valence-corrected chi connectivity index (χ3v) is 3.32. The minimum absolute atomic E-state index is 0.0376. The molecule has 2 fully saturated rings. The molecule has 2 rings (SSSR count). The maximum Gasteiger partial charge on any atom is 0.308 e. The molecule has 0 aromatic carbocycles. The first-order valence-corrected chi connectivity index (χ1v) is 5.79. The fraction of sp³-hybridized carbons (Fsp3) is 0.818. The zero-order valence-electron chi connectivity index (χ0n) is 9.22. The Balaban J connectivity index is 1.79. The maximum atomic E-state index is 11.8. The molecule has 2 atom stereocenters. The molecule has 5 nitrogen and oxygen atoms in total. The van der Waals surface area contributed by atoms with E-state index < -0.39 is 5.97 Å². The smallest absolute Gasteiger partial charge is 0.308 e. The Morgan fingerprint density at radius 1 is 1.38 bits per heavy atom. The van der Waals surface area contributed by atoms with Crippen molar-refractivity contribution in [2.24, 2.45) is 5.92 Å². The summed E-state index contributed by atoms with van der Waals surface area (Å²) in [5.74, 6) is -1.14. The summed E-state index contributed by atoms with van der Waals surface area (Å²) in [6, 6.07) is 0. The standard InChI is InChI=1S/C11H17NO4/c13-10(6-9-2-1-5-16-9)12-4-3-8(7-12)11(14)15/h8-9H,1-7H2,(H,14,15). The van der Waals surface area contributed by atoms with E-state index in [0.29, 0.717) is 25.9 Å². The molecule has 5 heteroatoms. The van der Waals surface area contributed by atoms with Crippen LogP contribution in [0.2, 0.25) is 0 Å². The Hall–Kier alpha value is -1.10. The van der Waals surface area contributed by atoms with Crippen molar-refractivity contribution in [2.75, 3.05) is 19.7 Å². The van der Waals surface area contributed by atoms with Crippen LogP contribution in [-0.4, -0.2) is 47.7 Å². The van der Waals surface area contributed by atoms with E-state index in [1.165, 1.54) is 0 Å². The van der Waals surface area contributed by atoms with E-state index in [-0.39, 0.29) is 17.9 Å².